The van der Waals surface area contributed by atoms with E-state index in [4.69, 9.17) is 4.74 Å². The molecule has 4 aliphatic carbocycles. The second kappa shape index (κ2) is 5.87. The molecule has 2 bridgehead atoms. The van der Waals surface area contributed by atoms with Crippen LogP contribution in [0.25, 0.3) is 0 Å². The molecule has 3 fully saturated rings. The van der Waals surface area contributed by atoms with Gasteiger partial charge in [-0.05, 0) is 30.1 Å². The molecule has 1 heterocycles. The average molecular weight is 365 g/mol. The van der Waals surface area contributed by atoms with Gasteiger partial charge in [0.1, 0.15) is 6.54 Å². The highest BCUT2D eigenvalue weighted by Crippen LogP contribution is 2.65. The largest absolute Gasteiger partial charge is 0.456 e. The fourth-order valence-electron chi connectivity index (χ4n) is 5.20. The Morgan fingerprint density at radius 2 is 1.56 bits per heavy atom. The number of ketones is 1. The lowest BCUT2D eigenvalue weighted by Gasteiger charge is -2.37. The molecule has 0 spiro atoms. The minimum Gasteiger partial charge on any atom is -0.456 e. The maximum atomic E-state index is 12.8. The maximum Gasteiger partial charge on any atom is 0.326 e. The molecule has 27 heavy (non-hydrogen) atoms. The lowest BCUT2D eigenvalue weighted by atomic mass is 9.63. The van der Waals surface area contributed by atoms with E-state index in [-0.39, 0.29) is 41.3 Å². The van der Waals surface area contributed by atoms with Gasteiger partial charge in [0.25, 0.3) is 0 Å². The molecule has 1 saturated heterocycles. The molecule has 6 rings (SSSR count). The van der Waals surface area contributed by atoms with Crippen LogP contribution in [-0.4, -0.2) is 41.6 Å². The van der Waals surface area contributed by atoms with Gasteiger partial charge in [0.2, 0.25) is 11.8 Å². The monoisotopic (exact) mass is 365 g/mol. The fraction of sp³-hybridized carbons (Fsp3) is 0.429. The Morgan fingerprint density at radius 1 is 0.963 bits per heavy atom. The molecule has 0 radical (unpaired) electrons. The minimum absolute atomic E-state index is 0.127. The number of benzene rings is 1. The Labute approximate surface area is 156 Å². The van der Waals surface area contributed by atoms with E-state index in [0.29, 0.717) is 17.4 Å². The molecule has 0 N–H and O–H groups in total. The first-order valence-electron chi connectivity index (χ1n) is 9.33. The number of ether oxygens (including phenoxy) is 1. The van der Waals surface area contributed by atoms with Crippen LogP contribution in [0.15, 0.2) is 42.5 Å². The van der Waals surface area contributed by atoms with Crippen LogP contribution in [0.5, 0.6) is 0 Å². The number of likely N-dealkylation sites (tertiary alicyclic amines) is 1. The summed E-state index contributed by atoms with van der Waals surface area (Å²) in [6.07, 6.45) is 5.27. The highest BCUT2D eigenvalue weighted by Gasteiger charge is 2.67. The van der Waals surface area contributed by atoms with Gasteiger partial charge in [-0.2, -0.15) is 0 Å². The number of imide groups is 1. The molecule has 138 valence electrons. The SMILES string of the molecule is O=C(CN1C(=O)[C@@H]2[C@H]3C=C[C@@H]([C@@H]4C[C@@H]34)[C@@H]2C1=O)OCC(=O)c1ccccc1. The molecule has 6 nitrogen and oxygen atoms in total. The first-order chi connectivity index (χ1) is 13.1. The number of hydrogen-bond acceptors (Lipinski definition) is 5. The Balaban J connectivity index is 1.23. The van der Waals surface area contributed by atoms with Crippen molar-refractivity contribution in [3.63, 3.8) is 0 Å². The van der Waals surface area contributed by atoms with Gasteiger partial charge >= 0.3 is 5.97 Å². The van der Waals surface area contributed by atoms with Crippen molar-refractivity contribution < 1.29 is 23.9 Å². The van der Waals surface area contributed by atoms with Gasteiger partial charge in [-0.1, -0.05) is 42.5 Å². The zero-order chi connectivity index (χ0) is 18.7. The topological polar surface area (TPSA) is 80.8 Å². The summed E-state index contributed by atoms with van der Waals surface area (Å²) in [6, 6.07) is 8.53. The number of hydrogen-bond donors (Lipinski definition) is 0. The standard InChI is InChI=1S/C21H19NO5/c23-16(11-4-2-1-3-5-11)10-27-17(24)9-22-20(25)18-12-6-7-13(15-8-14(12)15)19(18)21(22)26/h1-7,12-15,18-19H,8-10H2/t12-,13-,14-,15-,18-,19+/m0/s1. The third kappa shape index (κ3) is 2.46. The van der Waals surface area contributed by atoms with Crippen molar-refractivity contribution in [2.45, 2.75) is 6.42 Å². The summed E-state index contributed by atoms with van der Waals surface area (Å²) < 4.78 is 5.02. The van der Waals surface area contributed by atoms with Crippen molar-refractivity contribution in [2.24, 2.45) is 35.5 Å². The molecule has 2 saturated carbocycles. The Hall–Kier alpha value is -2.76. The molecule has 6 heteroatoms. The van der Waals surface area contributed by atoms with E-state index in [2.05, 4.69) is 12.2 Å². The molecule has 1 aromatic carbocycles. The van der Waals surface area contributed by atoms with Crippen LogP contribution in [0.1, 0.15) is 16.8 Å². The summed E-state index contributed by atoms with van der Waals surface area (Å²) in [4.78, 5) is 50.8. The lowest BCUT2D eigenvalue weighted by molar-refractivity contribution is -0.152. The summed E-state index contributed by atoms with van der Waals surface area (Å²) >= 11 is 0. The number of rotatable bonds is 5. The van der Waals surface area contributed by atoms with Crippen LogP contribution >= 0.6 is 0 Å². The van der Waals surface area contributed by atoms with Crippen LogP contribution in [0.3, 0.4) is 0 Å². The van der Waals surface area contributed by atoms with Crippen molar-refractivity contribution in [1.29, 1.82) is 0 Å². The predicted molar refractivity (Wildman–Crippen MR) is 93.1 cm³/mol. The third-order valence-electron chi connectivity index (χ3n) is 6.50. The van der Waals surface area contributed by atoms with E-state index in [1.54, 1.807) is 30.3 Å². The zero-order valence-corrected chi connectivity index (χ0v) is 14.6. The third-order valence-corrected chi connectivity index (χ3v) is 6.50. The Bertz CT molecular complexity index is 840. The van der Waals surface area contributed by atoms with Gasteiger partial charge in [-0.25, -0.2) is 0 Å². The van der Waals surface area contributed by atoms with E-state index in [1.807, 2.05) is 0 Å². The number of amides is 2. The van der Waals surface area contributed by atoms with Crippen molar-refractivity contribution in [3.05, 3.63) is 48.0 Å². The number of nitrogens with zero attached hydrogens (tertiary/aromatic N) is 1. The number of Topliss-reactive ketones (excluding diaryl/α,β-unsaturated/α-hetero) is 1. The molecular formula is C21H19NO5. The number of carbonyl (C=O) groups is 4. The molecule has 0 aromatic heterocycles. The van der Waals surface area contributed by atoms with Gasteiger partial charge in [-0.15, -0.1) is 0 Å². The summed E-state index contributed by atoms with van der Waals surface area (Å²) in [5, 5.41) is 0. The van der Waals surface area contributed by atoms with Crippen molar-refractivity contribution >= 4 is 23.6 Å². The van der Waals surface area contributed by atoms with E-state index in [0.717, 1.165) is 11.3 Å². The first-order valence-corrected chi connectivity index (χ1v) is 9.33. The molecule has 0 unspecified atom stereocenters. The average Bonchev–Trinajstić information content (AvgIpc) is 3.48. The van der Waals surface area contributed by atoms with Crippen LogP contribution in [-0.2, 0) is 19.1 Å². The second-order valence-electron chi connectivity index (χ2n) is 7.87. The molecule has 1 aliphatic heterocycles. The highest BCUT2D eigenvalue weighted by atomic mass is 16.5. The van der Waals surface area contributed by atoms with E-state index in [1.165, 1.54) is 0 Å². The quantitative estimate of drug-likeness (QED) is 0.342. The summed E-state index contributed by atoms with van der Waals surface area (Å²) in [6.45, 7) is -0.815. The lowest BCUT2D eigenvalue weighted by Crippen LogP contribution is -2.40. The van der Waals surface area contributed by atoms with Gasteiger partial charge in [0.15, 0.2) is 12.4 Å². The van der Waals surface area contributed by atoms with Crippen LogP contribution in [0, 0.1) is 35.5 Å². The van der Waals surface area contributed by atoms with E-state index < -0.39 is 19.1 Å². The molecule has 1 aromatic rings. The minimum atomic E-state index is -0.731. The molecule has 2 amide bonds. The van der Waals surface area contributed by atoms with Gasteiger partial charge in [-0.3, -0.25) is 24.1 Å². The first kappa shape index (κ1) is 16.4. The van der Waals surface area contributed by atoms with Gasteiger partial charge < -0.3 is 4.74 Å². The fourth-order valence-corrected chi connectivity index (χ4v) is 5.20. The summed E-state index contributed by atoms with van der Waals surface area (Å²) in [5.74, 6) is -0.928. The molecule has 6 atom stereocenters. The van der Waals surface area contributed by atoms with E-state index in [9.17, 15) is 19.2 Å². The summed E-state index contributed by atoms with van der Waals surface area (Å²) in [7, 11) is 0. The van der Waals surface area contributed by atoms with Gasteiger partial charge in [0, 0.05) is 5.56 Å². The van der Waals surface area contributed by atoms with Crippen molar-refractivity contribution in [2.75, 3.05) is 13.2 Å². The highest BCUT2D eigenvalue weighted by molar-refractivity contribution is 6.08. The molecular weight excluding hydrogens is 346 g/mol. The van der Waals surface area contributed by atoms with E-state index >= 15 is 0 Å². The molecule has 5 aliphatic rings. The number of carbonyl (C=O) groups excluding carboxylic acids is 4. The Kier molecular flexibility index (Phi) is 3.57. The van der Waals surface area contributed by atoms with Gasteiger partial charge in [0.05, 0.1) is 11.8 Å². The number of allylic oxidation sites excluding steroid dienone is 2. The van der Waals surface area contributed by atoms with Crippen LogP contribution in [0.2, 0.25) is 0 Å². The zero-order valence-electron chi connectivity index (χ0n) is 14.6. The second-order valence-corrected chi connectivity index (χ2v) is 7.87. The normalized spacial score (nSPS) is 35.0. The smallest absolute Gasteiger partial charge is 0.326 e. The van der Waals surface area contributed by atoms with Crippen molar-refractivity contribution in [1.82, 2.24) is 4.90 Å². The summed E-state index contributed by atoms with van der Waals surface area (Å²) in [5.41, 5.74) is 0.450. The predicted octanol–water partition coefficient (Wildman–Crippen LogP) is 1.47. The van der Waals surface area contributed by atoms with Crippen molar-refractivity contribution in [3.8, 4) is 0 Å². The van der Waals surface area contributed by atoms with Crippen LogP contribution < -0.4 is 0 Å². The Morgan fingerprint density at radius 3 is 2.15 bits per heavy atom. The maximum absolute atomic E-state index is 12.8. The van der Waals surface area contributed by atoms with Crippen LogP contribution in [0.4, 0.5) is 0 Å². The number of esters is 1.